The largest absolute Gasteiger partial charge is 0.444 e. The molecule has 1 heterocycles. The zero-order valence-electron chi connectivity index (χ0n) is 13.7. The van der Waals surface area contributed by atoms with E-state index in [-0.39, 0.29) is 12.1 Å². The van der Waals surface area contributed by atoms with Crippen molar-refractivity contribution in [1.82, 2.24) is 25.6 Å². The number of carbonyl (C=O) groups is 1. The topological polar surface area (TPSA) is 81.1 Å². The maximum atomic E-state index is 11.7. The van der Waals surface area contributed by atoms with E-state index in [9.17, 15) is 4.79 Å². The molecule has 124 valence electrons. The molecule has 1 aliphatic carbocycles. The van der Waals surface area contributed by atoms with Gasteiger partial charge >= 0.3 is 6.09 Å². The van der Waals surface area contributed by atoms with Gasteiger partial charge in [-0.3, -0.25) is 4.68 Å². The fourth-order valence-electron chi connectivity index (χ4n) is 2.67. The molecule has 1 aromatic rings. The van der Waals surface area contributed by atoms with Crippen LogP contribution in [0.1, 0.15) is 46.5 Å². The van der Waals surface area contributed by atoms with E-state index in [0.29, 0.717) is 6.04 Å². The summed E-state index contributed by atoms with van der Waals surface area (Å²) in [6.45, 7) is 7.45. The van der Waals surface area contributed by atoms with Gasteiger partial charge in [-0.1, -0.05) is 5.21 Å². The van der Waals surface area contributed by atoms with Crippen LogP contribution in [0, 0.1) is 0 Å². The lowest BCUT2D eigenvalue weighted by Crippen LogP contribution is -2.39. The predicted molar refractivity (Wildman–Crippen MR) is 83.4 cm³/mol. The molecule has 0 radical (unpaired) electrons. The molecular formula is C15H27N5O2. The summed E-state index contributed by atoms with van der Waals surface area (Å²) >= 11 is 0. The number of rotatable bonds is 6. The number of alkyl carbamates (subject to hydrolysis) is 1. The molecule has 1 fully saturated rings. The van der Waals surface area contributed by atoms with Crippen LogP contribution >= 0.6 is 0 Å². The number of hydrogen-bond donors (Lipinski definition) is 2. The third-order valence-corrected chi connectivity index (χ3v) is 3.62. The quantitative estimate of drug-likeness (QED) is 0.782. The molecule has 0 bridgehead atoms. The highest BCUT2D eigenvalue weighted by Gasteiger charge is 2.27. The van der Waals surface area contributed by atoms with Crippen molar-refractivity contribution in [3.05, 3.63) is 12.4 Å². The Kier molecular flexibility index (Phi) is 5.76. The minimum atomic E-state index is -0.443. The van der Waals surface area contributed by atoms with Gasteiger partial charge in [-0.25, -0.2) is 4.79 Å². The van der Waals surface area contributed by atoms with Crippen molar-refractivity contribution in [2.24, 2.45) is 0 Å². The number of hydrogen-bond acceptors (Lipinski definition) is 5. The van der Waals surface area contributed by atoms with Crippen molar-refractivity contribution in [3.63, 3.8) is 0 Å². The van der Waals surface area contributed by atoms with Crippen LogP contribution in [-0.4, -0.2) is 45.3 Å². The average molecular weight is 309 g/mol. The van der Waals surface area contributed by atoms with Crippen molar-refractivity contribution in [1.29, 1.82) is 0 Å². The molecule has 2 atom stereocenters. The molecule has 0 aliphatic heterocycles. The third kappa shape index (κ3) is 6.01. The van der Waals surface area contributed by atoms with E-state index in [1.165, 1.54) is 0 Å². The lowest BCUT2D eigenvalue weighted by molar-refractivity contribution is 0.0505. The summed E-state index contributed by atoms with van der Waals surface area (Å²) in [6.07, 6.45) is 7.31. The second-order valence-corrected chi connectivity index (χ2v) is 6.83. The Morgan fingerprint density at radius 2 is 2.14 bits per heavy atom. The van der Waals surface area contributed by atoms with Gasteiger partial charge < -0.3 is 15.4 Å². The smallest absolute Gasteiger partial charge is 0.407 e. The lowest BCUT2D eigenvalue weighted by atomic mass is 10.2. The molecule has 1 saturated carbocycles. The van der Waals surface area contributed by atoms with Crippen molar-refractivity contribution in [3.8, 4) is 0 Å². The highest BCUT2D eigenvalue weighted by atomic mass is 16.6. The van der Waals surface area contributed by atoms with E-state index >= 15 is 0 Å². The van der Waals surface area contributed by atoms with Gasteiger partial charge in [-0.2, -0.15) is 0 Å². The summed E-state index contributed by atoms with van der Waals surface area (Å²) in [5.74, 6) is 0. The maximum Gasteiger partial charge on any atom is 0.407 e. The molecule has 0 saturated heterocycles. The fraction of sp³-hybridized carbons (Fsp3) is 0.800. The molecule has 1 amide bonds. The zero-order valence-corrected chi connectivity index (χ0v) is 13.7. The summed E-state index contributed by atoms with van der Waals surface area (Å²) in [4.78, 5) is 11.7. The normalized spacial score (nSPS) is 21.8. The molecular weight excluding hydrogens is 282 g/mol. The second kappa shape index (κ2) is 7.58. The predicted octanol–water partition coefficient (Wildman–Crippen LogP) is 1.70. The lowest BCUT2D eigenvalue weighted by Gasteiger charge is -2.21. The molecule has 7 nitrogen and oxygen atoms in total. The van der Waals surface area contributed by atoms with Crippen molar-refractivity contribution >= 4 is 6.09 Å². The first-order chi connectivity index (χ1) is 10.4. The molecule has 2 unspecified atom stereocenters. The Hall–Kier alpha value is -1.63. The van der Waals surface area contributed by atoms with Crippen LogP contribution in [0.25, 0.3) is 0 Å². The number of aromatic nitrogens is 3. The Morgan fingerprint density at radius 1 is 1.36 bits per heavy atom. The Bertz CT molecular complexity index is 455. The number of amides is 1. The van der Waals surface area contributed by atoms with E-state index in [4.69, 9.17) is 4.74 Å². The van der Waals surface area contributed by atoms with Crippen molar-refractivity contribution in [2.75, 3.05) is 6.54 Å². The maximum absolute atomic E-state index is 11.7. The number of aryl methyl sites for hydroxylation is 1. The summed E-state index contributed by atoms with van der Waals surface area (Å²) in [7, 11) is 0. The van der Waals surface area contributed by atoms with Crippen LogP contribution in [-0.2, 0) is 11.3 Å². The van der Waals surface area contributed by atoms with E-state index in [1.54, 1.807) is 6.20 Å². The summed E-state index contributed by atoms with van der Waals surface area (Å²) in [6, 6.07) is 0.679. The van der Waals surface area contributed by atoms with E-state index < -0.39 is 5.60 Å². The van der Waals surface area contributed by atoms with Gasteiger partial charge in [0.05, 0.1) is 6.20 Å². The molecule has 2 N–H and O–H groups in total. The van der Waals surface area contributed by atoms with Crippen LogP contribution in [0.2, 0.25) is 0 Å². The van der Waals surface area contributed by atoms with Gasteiger partial charge in [0.15, 0.2) is 0 Å². The standard InChI is InChI=1S/C15H27N5O2/c1-15(2,3)22-14(21)18-13-6-5-12(11-13)16-7-4-9-20-10-8-17-19-20/h8,10,12-13,16H,4-7,9,11H2,1-3H3,(H,18,21). The second-order valence-electron chi connectivity index (χ2n) is 6.83. The Morgan fingerprint density at radius 3 is 2.82 bits per heavy atom. The number of nitrogens with one attached hydrogen (secondary N) is 2. The minimum absolute atomic E-state index is 0.211. The van der Waals surface area contributed by atoms with Gasteiger partial charge in [-0.05, 0) is 53.0 Å². The first kappa shape index (κ1) is 16.7. The Labute approximate surface area is 131 Å². The van der Waals surface area contributed by atoms with Crippen LogP contribution in [0.3, 0.4) is 0 Å². The van der Waals surface area contributed by atoms with Crippen molar-refractivity contribution in [2.45, 2.75) is 70.7 Å². The number of carbonyl (C=O) groups excluding carboxylic acids is 1. The molecule has 0 spiro atoms. The molecule has 22 heavy (non-hydrogen) atoms. The van der Waals surface area contributed by atoms with E-state index in [2.05, 4.69) is 20.9 Å². The molecule has 0 aromatic carbocycles. The van der Waals surface area contributed by atoms with Gasteiger partial charge in [0.1, 0.15) is 5.60 Å². The molecule has 2 rings (SSSR count). The molecule has 1 aromatic heterocycles. The zero-order chi connectivity index (χ0) is 16.0. The third-order valence-electron chi connectivity index (χ3n) is 3.62. The van der Waals surface area contributed by atoms with Gasteiger partial charge in [-0.15, -0.1) is 5.10 Å². The highest BCUT2D eigenvalue weighted by molar-refractivity contribution is 5.68. The summed E-state index contributed by atoms with van der Waals surface area (Å²) in [5, 5.41) is 14.2. The van der Waals surface area contributed by atoms with Gasteiger partial charge in [0.25, 0.3) is 0 Å². The van der Waals surface area contributed by atoms with Crippen LogP contribution in [0.15, 0.2) is 12.4 Å². The number of ether oxygens (including phenoxy) is 1. The van der Waals surface area contributed by atoms with Gasteiger partial charge in [0.2, 0.25) is 0 Å². The summed E-state index contributed by atoms with van der Waals surface area (Å²) < 4.78 is 7.13. The molecule has 7 heteroatoms. The first-order valence-corrected chi connectivity index (χ1v) is 7.99. The van der Waals surface area contributed by atoms with Crippen LogP contribution in [0.4, 0.5) is 4.79 Å². The van der Waals surface area contributed by atoms with E-state index in [1.807, 2.05) is 31.6 Å². The Balaban J connectivity index is 1.58. The van der Waals surface area contributed by atoms with Crippen LogP contribution in [0.5, 0.6) is 0 Å². The highest BCUT2D eigenvalue weighted by Crippen LogP contribution is 2.19. The average Bonchev–Trinajstić information content (AvgIpc) is 3.04. The van der Waals surface area contributed by atoms with E-state index in [0.717, 1.165) is 38.8 Å². The monoisotopic (exact) mass is 309 g/mol. The molecule has 1 aliphatic rings. The summed E-state index contributed by atoms with van der Waals surface area (Å²) in [5.41, 5.74) is -0.443. The number of nitrogens with zero attached hydrogens (tertiary/aromatic N) is 3. The van der Waals surface area contributed by atoms with Crippen molar-refractivity contribution < 1.29 is 9.53 Å². The SMILES string of the molecule is CC(C)(C)OC(=O)NC1CCC(NCCCn2ccnn2)C1. The van der Waals surface area contributed by atoms with Gasteiger partial charge in [0, 0.05) is 24.8 Å². The first-order valence-electron chi connectivity index (χ1n) is 7.99. The fourth-order valence-corrected chi connectivity index (χ4v) is 2.67. The minimum Gasteiger partial charge on any atom is -0.444 e. The van der Waals surface area contributed by atoms with Crippen LogP contribution < -0.4 is 10.6 Å².